The predicted molar refractivity (Wildman–Crippen MR) is 95.1 cm³/mol. The summed E-state index contributed by atoms with van der Waals surface area (Å²) >= 11 is 0. The first-order chi connectivity index (χ1) is 12.0. The monoisotopic (exact) mass is 343 g/mol. The van der Waals surface area contributed by atoms with E-state index in [0.717, 1.165) is 12.8 Å². The molecule has 1 saturated heterocycles. The normalized spacial score (nSPS) is 22.8. The smallest absolute Gasteiger partial charge is 0.256 e. The Balaban J connectivity index is 1.75. The topological polar surface area (TPSA) is 78.5 Å². The Morgan fingerprint density at radius 1 is 1.28 bits per heavy atom. The fraction of sp³-hybridized carbons (Fsp3) is 0.526. The van der Waals surface area contributed by atoms with Gasteiger partial charge in [-0.3, -0.25) is 14.4 Å². The van der Waals surface area contributed by atoms with Gasteiger partial charge in [-0.25, -0.2) is 0 Å². The summed E-state index contributed by atoms with van der Waals surface area (Å²) in [5, 5.41) is 5.93. The van der Waals surface area contributed by atoms with Gasteiger partial charge in [-0.2, -0.15) is 0 Å². The molecule has 2 aliphatic rings. The maximum atomic E-state index is 12.8. The van der Waals surface area contributed by atoms with E-state index >= 15 is 0 Å². The van der Waals surface area contributed by atoms with Crippen molar-refractivity contribution in [1.29, 1.82) is 0 Å². The highest BCUT2D eigenvalue weighted by Crippen LogP contribution is 2.28. The van der Waals surface area contributed by atoms with Crippen molar-refractivity contribution in [2.75, 3.05) is 11.9 Å². The molecule has 2 unspecified atom stereocenters. The standard InChI is InChI=1S/C19H25N3O3/c1-3-12(4-2)17(23)20-13-9-10-22-16(11-13)18(24)21-15-8-6-5-7-14(15)19(22)25/h5-8,12-13,16H,3-4,9-11H2,1-2H3,(H,20,23)(H,21,24). The molecule has 3 rings (SSSR count). The molecule has 25 heavy (non-hydrogen) atoms. The molecule has 6 heteroatoms. The first kappa shape index (κ1) is 17.5. The number of amides is 3. The molecule has 0 aromatic heterocycles. The molecule has 6 nitrogen and oxygen atoms in total. The molecule has 0 spiro atoms. The molecule has 0 bridgehead atoms. The lowest BCUT2D eigenvalue weighted by Crippen LogP contribution is -2.55. The van der Waals surface area contributed by atoms with Gasteiger partial charge in [0.15, 0.2) is 0 Å². The number of carbonyl (C=O) groups excluding carboxylic acids is 3. The maximum Gasteiger partial charge on any atom is 0.256 e. The van der Waals surface area contributed by atoms with Gasteiger partial charge in [0.2, 0.25) is 11.8 Å². The van der Waals surface area contributed by atoms with E-state index in [1.807, 2.05) is 13.8 Å². The van der Waals surface area contributed by atoms with E-state index in [1.54, 1.807) is 29.2 Å². The first-order valence-electron chi connectivity index (χ1n) is 9.06. The largest absolute Gasteiger partial charge is 0.353 e. The Bertz CT molecular complexity index is 684. The van der Waals surface area contributed by atoms with Crippen molar-refractivity contribution in [2.45, 2.75) is 51.6 Å². The third-order valence-electron chi connectivity index (χ3n) is 5.28. The van der Waals surface area contributed by atoms with E-state index in [0.29, 0.717) is 30.6 Å². The highest BCUT2D eigenvalue weighted by molar-refractivity contribution is 6.09. The number of carbonyl (C=O) groups is 3. The van der Waals surface area contributed by atoms with Crippen LogP contribution in [0.5, 0.6) is 0 Å². The number of piperidine rings is 1. The Morgan fingerprint density at radius 3 is 2.72 bits per heavy atom. The molecular weight excluding hydrogens is 318 g/mol. The Kier molecular flexibility index (Phi) is 5.06. The number of benzene rings is 1. The van der Waals surface area contributed by atoms with E-state index in [9.17, 15) is 14.4 Å². The lowest BCUT2D eigenvalue weighted by molar-refractivity contribution is -0.127. The van der Waals surface area contributed by atoms with Gasteiger partial charge in [0, 0.05) is 18.5 Å². The number of para-hydroxylation sites is 1. The quantitative estimate of drug-likeness (QED) is 0.879. The van der Waals surface area contributed by atoms with E-state index in [-0.39, 0.29) is 29.7 Å². The number of nitrogens with zero attached hydrogens (tertiary/aromatic N) is 1. The third kappa shape index (κ3) is 3.38. The molecule has 3 amide bonds. The summed E-state index contributed by atoms with van der Waals surface area (Å²) in [5.41, 5.74) is 1.09. The van der Waals surface area contributed by atoms with E-state index in [4.69, 9.17) is 0 Å². The lowest BCUT2D eigenvalue weighted by Gasteiger charge is -2.37. The maximum absolute atomic E-state index is 12.8. The molecule has 1 fully saturated rings. The van der Waals surface area contributed by atoms with Gasteiger partial charge < -0.3 is 15.5 Å². The summed E-state index contributed by atoms with van der Waals surface area (Å²) in [7, 11) is 0. The van der Waals surface area contributed by atoms with Gasteiger partial charge in [0.25, 0.3) is 5.91 Å². The van der Waals surface area contributed by atoms with Crippen molar-refractivity contribution in [2.24, 2.45) is 5.92 Å². The van der Waals surface area contributed by atoms with Crippen molar-refractivity contribution in [3.63, 3.8) is 0 Å². The first-order valence-corrected chi connectivity index (χ1v) is 9.06. The van der Waals surface area contributed by atoms with Crippen LogP contribution in [-0.2, 0) is 9.59 Å². The van der Waals surface area contributed by atoms with Gasteiger partial charge in [-0.05, 0) is 37.8 Å². The van der Waals surface area contributed by atoms with E-state index in [1.165, 1.54) is 0 Å². The summed E-state index contributed by atoms with van der Waals surface area (Å²) in [5.74, 6) is -0.248. The zero-order valence-corrected chi connectivity index (χ0v) is 14.7. The van der Waals surface area contributed by atoms with Gasteiger partial charge in [0.1, 0.15) is 6.04 Å². The molecule has 1 aromatic carbocycles. The van der Waals surface area contributed by atoms with Crippen molar-refractivity contribution in [1.82, 2.24) is 10.2 Å². The average Bonchev–Trinajstić information content (AvgIpc) is 2.72. The van der Waals surface area contributed by atoms with Crippen LogP contribution >= 0.6 is 0 Å². The number of nitrogens with one attached hydrogen (secondary N) is 2. The van der Waals surface area contributed by atoms with Crippen LogP contribution in [0.4, 0.5) is 5.69 Å². The van der Waals surface area contributed by atoms with Gasteiger partial charge in [0.05, 0.1) is 11.3 Å². The van der Waals surface area contributed by atoms with Crippen molar-refractivity contribution >= 4 is 23.4 Å². The second kappa shape index (κ2) is 7.25. The zero-order valence-electron chi connectivity index (χ0n) is 14.7. The fourth-order valence-electron chi connectivity index (χ4n) is 3.72. The Hall–Kier alpha value is -2.37. The minimum atomic E-state index is -0.541. The van der Waals surface area contributed by atoms with Crippen molar-refractivity contribution in [3.8, 4) is 0 Å². The van der Waals surface area contributed by atoms with Crippen LogP contribution in [0.3, 0.4) is 0 Å². The van der Waals surface area contributed by atoms with Crippen LogP contribution < -0.4 is 10.6 Å². The number of hydrogen-bond donors (Lipinski definition) is 2. The highest BCUT2D eigenvalue weighted by Gasteiger charge is 2.40. The average molecular weight is 343 g/mol. The van der Waals surface area contributed by atoms with E-state index < -0.39 is 6.04 Å². The fourth-order valence-corrected chi connectivity index (χ4v) is 3.72. The van der Waals surface area contributed by atoms with Crippen LogP contribution in [0.1, 0.15) is 49.9 Å². The Morgan fingerprint density at radius 2 is 2.00 bits per heavy atom. The number of hydrogen-bond acceptors (Lipinski definition) is 3. The SMILES string of the molecule is CCC(CC)C(=O)NC1CCN2C(=O)c3ccccc3NC(=O)C2C1. The third-order valence-corrected chi connectivity index (χ3v) is 5.28. The van der Waals surface area contributed by atoms with Gasteiger partial charge >= 0.3 is 0 Å². The van der Waals surface area contributed by atoms with E-state index in [2.05, 4.69) is 10.6 Å². The van der Waals surface area contributed by atoms with Crippen LogP contribution in [0.15, 0.2) is 24.3 Å². The minimum Gasteiger partial charge on any atom is -0.353 e. The van der Waals surface area contributed by atoms with Crippen molar-refractivity contribution < 1.29 is 14.4 Å². The van der Waals surface area contributed by atoms with Crippen LogP contribution in [0, 0.1) is 5.92 Å². The molecule has 0 radical (unpaired) electrons. The molecule has 2 heterocycles. The molecule has 134 valence electrons. The summed E-state index contributed by atoms with van der Waals surface area (Å²) in [6.45, 7) is 4.48. The van der Waals surface area contributed by atoms with Crippen LogP contribution in [0.25, 0.3) is 0 Å². The highest BCUT2D eigenvalue weighted by atomic mass is 16.2. The summed E-state index contributed by atoms with van der Waals surface area (Å²) < 4.78 is 0. The summed E-state index contributed by atoms with van der Waals surface area (Å²) in [6.07, 6.45) is 2.73. The molecular formula is C19H25N3O3. The number of rotatable bonds is 4. The van der Waals surface area contributed by atoms with Crippen LogP contribution in [0.2, 0.25) is 0 Å². The molecule has 2 aliphatic heterocycles. The van der Waals surface area contributed by atoms with Crippen LogP contribution in [-0.4, -0.2) is 41.2 Å². The zero-order chi connectivity index (χ0) is 18.0. The summed E-state index contributed by atoms with van der Waals surface area (Å²) in [4.78, 5) is 39.4. The molecule has 2 N–H and O–H groups in total. The summed E-state index contributed by atoms with van der Waals surface area (Å²) in [6, 6.07) is 6.47. The molecule has 0 aliphatic carbocycles. The second-order valence-electron chi connectivity index (χ2n) is 6.79. The number of anilines is 1. The predicted octanol–water partition coefficient (Wildman–Crippen LogP) is 2.16. The minimum absolute atomic E-state index is 0.00637. The molecule has 2 atom stereocenters. The molecule has 0 saturated carbocycles. The lowest BCUT2D eigenvalue weighted by atomic mass is 9.94. The Labute approximate surface area is 148 Å². The van der Waals surface area contributed by atoms with Gasteiger partial charge in [-0.1, -0.05) is 26.0 Å². The van der Waals surface area contributed by atoms with Crippen molar-refractivity contribution in [3.05, 3.63) is 29.8 Å². The molecule has 1 aromatic rings. The number of fused-ring (bicyclic) bond motifs is 2. The van der Waals surface area contributed by atoms with Gasteiger partial charge in [-0.15, -0.1) is 0 Å². The second-order valence-corrected chi connectivity index (χ2v) is 6.79.